The summed E-state index contributed by atoms with van der Waals surface area (Å²) in [5, 5.41) is 3.28. The summed E-state index contributed by atoms with van der Waals surface area (Å²) < 4.78 is 21.5. The van der Waals surface area contributed by atoms with E-state index in [0.29, 0.717) is 35.7 Å². The van der Waals surface area contributed by atoms with Gasteiger partial charge >= 0.3 is 0 Å². The number of para-hydroxylation sites is 1. The van der Waals surface area contributed by atoms with E-state index in [9.17, 15) is 4.39 Å². The highest BCUT2D eigenvalue weighted by molar-refractivity contribution is 6.33. The highest BCUT2D eigenvalue weighted by Crippen LogP contribution is 2.30. The van der Waals surface area contributed by atoms with E-state index in [1.807, 2.05) is 16.5 Å². The number of ether oxygens (including phenoxy) is 1. The number of nitrogens with zero attached hydrogens (tertiary/aromatic N) is 5. The standard InChI is InChI=1S/C19H16ClFN6O/c20-12-2-1-3-13(21)17(12)25-18-15-10-22-11-27(15)19-14(23-18)4-5-16(24-19)26-6-8-28-9-7-26/h1-5,10-11H,6-9H2,(H,23,25). The minimum atomic E-state index is -0.451. The molecule has 7 nitrogen and oxygen atoms in total. The Hall–Kier alpha value is -2.97. The van der Waals surface area contributed by atoms with Crippen molar-refractivity contribution < 1.29 is 9.13 Å². The van der Waals surface area contributed by atoms with Crippen LogP contribution in [0, 0.1) is 5.82 Å². The number of morpholine rings is 1. The molecular weight excluding hydrogens is 383 g/mol. The smallest absolute Gasteiger partial charge is 0.166 e. The van der Waals surface area contributed by atoms with Crippen LogP contribution in [0.1, 0.15) is 0 Å². The first-order chi connectivity index (χ1) is 13.7. The lowest BCUT2D eigenvalue weighted by Gasteiger charge is -2.27. The Morgan fingerprint density at radius 3 is 2.79 bits per heavy atom. The minimum absolute atomic E-state index is 0.178. The normalized spacial score (nSPS) is 14.7. The number of imidazole rings is 1. The molecule has 3 aromatic heterocycles. The Morgan fingerprint density at radius 2 is 1.96 bits per heavy atom. The Labute approximate surface area is 164 Å². The van der Waals surface area contributed by atoms with E-state index in [1.165, 1.54) is 6.07 Å². The van der Waals surface area contributed by atoms with Gasteiger partial charge in [-0.25, -0.2) is 19.3 Å². The molecule has 28 heavy (non-hydrogen) atoms. The second-order valence-electron chi connectivity index (χ2n) is 6.44. The molecule has 0 bridgehead atoms. The van der Waals surface area contributed by atoms with Crippen molar-refractivity contribution in [3.8, 4) is 0 Å². The Bertz CT molecular complexity index is 1150. The van der Waals surface area contributed by atoms with Crippen LogP contribution in [-0.2, 0) is 4.74 Å². The second kappa shape index (κ2) is 6.88. The molecule has 1 aromatic carbocycles. The van der Waals surface area contributed by atoms with E-state index in [4.69, 9.17) is 21.3 Å². The molecule has 0 saturated carbocycles. The monoisotopic (exact) mass is 398 g/mol. The second-order valence-corrected chi connectivity index (χ2v) is 6.85. The number of nitrogens with one attached hydrogen (secondary N) is 1. The number of fused-ring (bicyclic) bond motifs is 3. The summed E-state index contributed by atoms with van der Waals surface area (Å²) in [6.07, 6.45) is 3.33. The van der Waals surface area contributed by atoms with E-state index >= 15 is 0 Å². The van der Waals surface area contributed by atoms with Gasteiger partial charge in [0, 0.05) is 13.1 Å². The number of benzene rings is 1. The van der Waals surface area contributed by atoms with Crippen molar-refractivity contribution >= 4 is 45.6 Å². The third kappa shape index (κ3) is 2.90. The van der Waals surface area contributed by atoms with E-state index in [-0.39, 0.29) is 10.7 Å². The summed E-state index contributed by atoms with van der Waals surface area (Å²) in [4.78, 5) is 15.8. The molecule has 1 fully saturated rings. The van der Waals surface area contributed by atoms with Crippen LogP contribution in [0.5, 0.6) is 0 Å². The van der Waals surface area contributed by atoms with Crippen LogP contribution >= 0.6 is 11.6 Å². The van der Waals surface area contributed by atoms with Gasteiger partial charge in [0.25, 0.3) is 0 Å². The maximum absolute atomic E-state index is 14.2. The van der Waals surface area contributed by atoms with Crippen molar-refractivity contribution in [1.82, 2.24) is 19.4 Å². The van der Waals surface area contributed by atoms with Gasteiger partial charge in [0.15, 0.2) is 11.5 Å². The molecule has 4 aromatic rings. The quantitative estimate of drug-likeness (QED) is 0.568. The van der Waals surface area contributed by atoms with Crippen molar-refractivity contribution in [3.63, 3.8) is 0 Å². The fraction of sp³-hybridized carbons (Fsp3) is 0.211. The molecule has 5 rings (SSSR count). The summed E-state index contributed by atoms with van der Waals surface area (Å²) in [6, 6.07) is 8.36. The average Bonchev–Trinajstić information content (AvgIpc) is 3.22. The summed E-state index contributed by atoms with van der Waals surface area (Å²) in [7, 11) is 0. The molecule has 9 heteroatoms. The number of aromatic nitrogens is 4. The molecule has 1 N–H and O–H groups in total. The van der Waals surface area contributed by atoms with Gasteiger partial charge in [0.2, 0.25) is 0 Å². The van der Waals surface area contributed by atoms with E-state index in [0.717, 1.165) is 18.9 Å². The van der Waals surface area contributed by atoms with E-state index in [1.54, 1.807) is 24.7 Å². The van der Waals surface area contributed by atoms with Crippen LogP contribution < -0.4 is 10.2 Å². The molecule has 0 aliphatic carbocycles. The van der Waals surface area contributed by atoms with Crippen molar-refractivity contribution in [2.45, 2.75) is 0 Å². The first-order valence-electron chi connectivity index (χ1n) is 8.87. The van der Waals surface area contributed by atoms with Gasteiger partial charge in [0.1, 0.15) is 29.0 Å². The van der Waals surface area contributed by atoms with Gasteiger partial charge in [-0.2, -0.15) is 0 Å². The van der Waals surface area contributed by atoms with Crippen LogP contribution in [0.3, 0.4) is 0 Å². The fourth-order valence-electron chi connectivity index (χ4n) is 3.31. The number of rotatable bonds is 3. The van der Waals surface area contributed by atoms with Crippen molar-refractivity contribution in [3.05, 3.63) is 53.7 Å². The molecule has 0 radical (unpaired) electrons. The zero-order chi connectivity index (χ0) is 19.1. The van der Waals surface area contributed by atoms with Crippen molar-refractivity contribution in [2.24, 2.45) is 0 Å². The van der Waals surface area contributed by atoms with Crippen molar-refractivity contribution in [2.75, 3.05) is 36.5 Å². The molecule has 1 saturated heterocycles. The topological polar surface area (TPSA) is 67.6 Å². The molecule has 0 unspecified atom stereocenters. The first-order valence-corrected chi connectivity index (χ1v) is 9.25. The van der Waals surface area contributed by atoms with Crippen LogP contribution in [0.4, 0.5) is 21.7 Å². The summed E-state index contributed by atoms with van der Waals surface area (Å²) in [6.45, 7) is 2.96. The van der Waals surface area contributed by atoms with Gasteiger partial charge in [-0.15, -0.1) is 0 Å². The predicted molar refractivity (Wildman–Crippen MR) is 106 cm³/mol. The van der Waals surface area contributed by atoms with Crippen LogP contribution in [-0.4, -0.2) is 45.7 Å². The Kier molecular flexibility index (Phi) is 4.22. The average molecular weight is 399 g/mol. The molecule has 142 valence electrons. The van der Waals surface area contributed by atoms with E-state index < -0.39 is 5.82 Å². The largest absolute Gasteiger partial charge is 0.378 e. The van der Waals surface area contributed by atoms with Gasteiger partial charge < -0.3 is 15.0 Å². The molecule has 0 atom stereocenters. The lowest BCUT2D eigenvalue weighted by Crippen LogP contribution is -2.36. The van der Waals surface area contributed by atoms with Crippen LogP contribution in [0.15, 0.2) is 42.9 Å². The Morgan fingerprint density at radius 1 is 1.11 bits per heavy atom. The highest BCUT2D eigenvalue weighted by atomic mass is 35.5. The van der Waals surface area contributed by atoms with Gasteiger partial charge in [0.05, 0.1) is 30.1 Å². The maximum atomic E-state index is 14.2. The third-order valence-electron chi connectivity index (χ3n) is 4.72. The highest BCUT2D eigenvalue weighted by Gasteiger charge is 2.17. The molecule has 0 spiro atoms. The van der Waals surface area contributed by atoms with E-state index in [2.05, 4.69) is 20.2 Å². The lowest BCUT2D eigenvalue weighted by atomic mass is 10.3. The predicted octanol–water partition coefficient (Wildman–Crippen LogP) is 3.65. The molecule has 0 amide bonds. The third-order valence-corrected chi connectivity index (χ3v) is 5.04. The molecule has 4 heterocycles. The first kappa shape index (κ1) is 17.2. The zero-order valence-electron chi connectivity index (χ0n) is 14.8. The van der Waals surface area contributed by atoms with Gasteiger partial charge in [-0.3, -0.25) is 4.40 Å². The van der Waals surface area contributed by atoms with Crippen LogP contribution in [0.25, 0.3) is 16.7 Å². The van der Waals surface area contributed by atoms with Gasteiger partial charge in [-0.05, 0) is 24.3 Å². The SMILES string of the molecule is Fc1cccc(Cl)c1Nc1nc2ccc(N3CCOCC3)nc2n2cncc12. The number of hydrogen-bond donors (Lipinski definition) is 1. The fourth-order valence-corrected chi connectivity index (χ4v) is 3.52. The van der Waals surface area contributed by atoms with Crippen molar-refractivity contribution in [1.29, 1.82) is 0 Å². The number of anilines is 3. The lowest BCUT2D eigenvalue weighted by molar-refractivity contribution is 0.122. The molecular formula is C19H16ClFN6O. The number of hydrogen-bond acceptors (Lipinski definition) is 6. The van der Waals surface area contributed by atoms with Crippen LogP contribution in [0.2, 0.25) is 5.02 Å². The summed E-state index contributed by atoms with van der Waals surface area (Å²) >= 11 is 6.15. The maximum Gasteiger partial charge on any atom is 0.166 e. The summed E-state index contributed by atoms with van der Waals surface area (Å²) in [5.74, 6) is 0.872. The zero-order valence-corrected chi connectivity index (χ0v) is 15.5. The minimum Gasteiger partial charge on any atom is -0.378 e. The number of halogens is 2. The Balaban J connectivity index is 1.62. The molecule has 1 aliphatic heterocycles. The number of pyridine rings is 1. The van der Waals surface area contributed by atoms with Gasteiger partial charge in [-0.1, -0.05) is 17.7 Å². The molecule has 1 aliphatic rings. The summed E-state index contributed by atoms with van der Waals surface area (Å²) in [5.41, 5.74) is 2.20.